The lowest BCUT2D eigenvalue weighted by Crippen LogP contribution is -2.24. The van der Waals surface area contributed by atoms with Crippen molar-refractivity contribution in [2.24, 2.45) is 11.3 Å². The first-order valence-corrected chi connectivity index (χ1v) is 9.46. The predicted octanol–water partition coefficient (Wildman–Crippen LogP) is 4.60. The number of nitrogens with zero attached hydrogens (tertiary/aromatic N) is 3. The van der Waals surface area contributed by atoms with Crippen molar-refractivity contribution in [2.45, 2.75) is 51.5 Å². The minimum atomic E-state index is -4.17. The third-order valence-corrected chi connectivity index (χ3v) is 5.36. The van der Waals surface area contributed by atoms with Crippen LogP contribution >= 0.6 is 11.6 Å². The predicted molar refractivity (Wildman–Crippen MR) is 97.2 cm³/mol. The van der Waals surface area contributed by atoms with Crippen molar-refractivity contribution in [1.82, 2.24) is 14.8 Å². The lowest BCUT2D eigenvalue weighted by molar-refractivity contribution is -0.153. The quantitative estimate of drug-likeness (QED) is 0.525. The van der Waals surface area contributed by atoms with E-state index in [0.29, 0.717) is 12.2 Å². The number of aromatic nitrogens is 3. The number of halogens is 4. The smallest absolute Gasteiger partial charge is 0.392 e. The molecule has 156 valence electrons. The first-order valence-electron chi connectivity index (χ1n) is 9.08. The standard InChI is InChI=1S/C19H19ClF3N3O3/c1-17(2,3)29-16(27)10-4-5-13(24-15(10)20)26-7-6-14(25-26)28-12-9-18(12)8-11(18)19(21,22)23/h4-7,11-12H,8-9H2,1-3H3/t11-,12+,18?/m1/s1. The molecular formula is C19H19ClF3N3O3. The second kappa shape index (κ2) is 6.35. The minimum absolute atomic E-state index is 0.0399. The van der Waals surface area contributed by atoms with Gasteiger partial charge in [0.2, 0.25) is 5.88 Å². The molecule has 1 spiro atoms. The maximum absolute atomic E-state index is 12.8. The Morgan fingerprint density at radius 1 is 1.24 bits per heavy atom. The van der Waals surface area contributed by atoms with E-state index < -0.39 is 35.2 Å². The normalized spacial score (nSPS) is 25.8. The Morgan fingerprint density at radius 3 is 2.55 bits per heavy atom. The van der Waals surface area contributed by atoms with Gasteiger partial charge in [0.25, 0.3) is 0 Å². The molecule has 0 aromatic carbocycles. The van der Waals surface area contributed by atoms with Gasteiger partial charge in [-0.15, -0.1) is 5.10 Å². The molecule has 29 heavy (non-hydrogen) atoms. The van der Waals surface area contributed by atoms with Gasteiger partial charge in [0.15, 0.2) is 5.82 Å². The molecule has 2 saturated carbocycles. The SMILES string of the molecule is CC(C)(C)OC(=O)c1ccc(-n2ccc(O[C@H]3CC34C[C@H]4C(F)(F)F)n2)nc1Cl. The van der Waals surface area contributed by atoms with E-state index in [2.05, 4.69) is 10.1 Å². The molecule has 6 nitrogen and oxygen atoms in total. The molecule has 0 bridgehead atoms. The second-order valence-electron chi connectivity index (χ2n) is 8.45. The van der Waals surface area contributed by atoms with Crippen LogP contribution in [0, 0.1) is 11.3 Å². The van der Waals surface area contributed by atoms with Crippen molar-refractivity contribution in [3.05, 3.63) is 35.1 Å². The summed E-state index contributed by atoms with van der Waals surface area (Å²) in [6.07, 6.45) is -2.58. The Morgan fingerprint density at radius 2 is 1.97 bits per heavy atom. The molecule has 2 fully saturated rings. The number of hydrogen-bond donors (Lipinski definition) is 0. The number of carbonyl (C=O) groups excluding carboxylic acids is 1. The van der Waals surface area contributed by atoms with Crippen LogP contribution in [0.5, 0.6) is 5.88 Å². The van der Waals surface area contributed by atoms with Gasteiger partial charge in [-0.1, -0.05) is 11.6 Å². The van der Waals surface area contributed by atoms with Gasteiger partial charge in [0.05, 0.1) is 11.5 Å². The van der Waals surface area contributed by atoms with E-state index in [9.17, 15) is 18.0 Å². The molecule has 0 saturated heterocycles. The average molecular weight is 430 g/mol. The monoisotopic (exact) mass is 429 g/mol. The van der Waals surface area contributed by atoms with Gasteiger partial charge >= 0.3 is 12.1 Å². The maximum Gasteiger partial charge on any atom is 0.392 e. The summed E-state index contributed by atoms with van der Waals surface area (Å²) >= 11 is 6.12. The van der Waals surface area contributed by atoms with Crippen molar-refractivity contribution in [1.29, 1.82) is 0 Å². The summed E-state index contributed by atoms with van der Waals surface area (Å²) in [4.78, 5) is 16.3. The molecule has 2 aliphatic rings. The summed E-state index contributed by atoms with van der Waals surface area (Å²) in [6, 6.07) is 4.57. The van der Waals surface area contributed by atoms with Crippen molar-refractivity contribution in [3.63, 3.8) is 0 Å². The van der Waals surface area contributed by atoms with E-state index >= 15 is 0 Å². The zero-order valence-corrected chi connectivity index (χ0v) is 16.7. The first kappa shape index (κ1) is 20.0. The second-order valence-corrected chi connectivity index (χ2v) is 8.81. The zero-order valence-electron chi connectivity index (χ0n) is 16.0. The minimum Gasteiger partial charge on any atom is -0.473 e. The first-order chi connectivity index (χ1) is 13.4. The van der Waals surface area contributed by atoms with Crippen LogP contribution in [-0.4, -0.2) is 38.6 Å². The van der Waals surface area contributed by atoms with E-state index in [1.54, 1.807) is 39.1 Å². The fraction of sp³-hybridized carbons (Fsp3) is 0.526. The van der Waals surface area contributed by atoms with E-state index in [1.807, 2.05) is 0 Å². The lowest BCUT2D eigenvalue weighted by Gasteiger charge is -2.19. The van der Waals surface area contributed by atoms with Crippen molar-refractivity contribution >= 4 is 17.6 Å². The summed E-state index contributed by atoms with van der Waals surface area (Å²) in [5.41, 5.74) is -1.31. The third kappa shape index (κ3) is 3.92. The molecule has 0 amide bonds. The van der Waals surface area contributed by atoms with Gasteiger partial charge < -0.3 is 9.47 Å². The van der Waals surface area contributed by atoms with Crippen LogP contribution in [0.2, 0.25) is 5.15 Å². The van der Waals surface area contributed by atoms with Crippen LogP contribution in [0.25, 0.3) is 5.82 Å². The van der Waals surface area contributed by atoms with E-state index in [1.165, 1.54) is 10.7 Å². The highest BCUT2D eigenvalue weighted by Crippen LogP contribution is 2.75. The molecule has 2 aromatic rings. The van der Waals surface area contributed by atoms with Crippen molar-refractivity contribution in [2.75, 3.05) is 0 Å². The number of ether oxygens (including phenoxy) is 2. The van der Waals surface area contributed by atoms with Crippen molar-refractivity contribution in [3.8, 4) is 11.7 Å². The fourth-order valence-corrected chi connectivity index (χ4v) is 3.70. The fourth-order valence-electron chi connectivity index (χ4n) is 3.47. The molecule has 1 unspecified atom stereocenters. The number of alkyl halides is 3. The van der Waals surface area contributed by atoms with Crippen LogP contribution < -0.4 is 4.74 Å². The molecule has 10 heteroatoms. The summed E-state index contributed by atoms with van der Waals surface area (Å²) in [7, 11) is 0. The summed E-state index contributed by atoms with van der Waals surface area (Å²) in [5, 5.41) is 4.15. The molecule has 2 aliphatic carbocycles. The highest BCUT2D eigenvalue weighted by atomic mass is 35.5. The van der Waals surface area contributed by atoms with Crippen LogP contribution in [0.15, 0.2) is 24.4 Å². The van der Waals surface area contributed by atoms with Crippen LogP contribution in [-0.2, 0) is 4.74 Å². The van der Waals surface area contributed by atoms with E-state index in [-0.39, 0.29) is 23.0 Å². The highest BCUT2D eigenvalue weighted by molar-refractivity contribution is 6.32. The Labute approximate surface area is 170 Å². The van der Waals surface area contributed by atoms with Crippen LogP contribution in [0.4, 0.5) is 13.2 Å². The van der Waals surface area contributed by atoms with Gasteiger partial charge in [-0.25, -0.2) is 14.5 Å². The topological polar surface area (TPSA) is 66.2 Å². The van der Waals surface area contributed by atoms with Crippen LogP contribution in [0.3, 0.4) is 0 Å². The zero-order chi connectivity index (χ0) is 21.2. The van der Waals surface area contributed by atoms with E-state index in [0.717, 1.165) is 0 Å². The van der Waals surface area contributed by atoms with Crippen LogP contribution in [0.1, 0.15) is 44.0 Å². The van der Waals surface area contributed by atoms with Gasteiger partial charge in [0.1, 0.15) is 16.9 Å². The van der Waals surface area contributed by atoms with Crippen molar-refractivity contribution < 1.29 is 27.4 Å². The van der Waals surface area contributed by atoms with Gasteiger partial charge in [-0.2, -0.15) is 13.2 Å². The summed E-state index contributed by atoms with van der Waals surface area (Å²) < 4.78 is 50.7. The van der Waals surface area contributed by atoms with E-state index in [4.69, 9.17) is 21.1 Å². The van der Waals surface area contributed by atoms with Gasteiger partial charge in [0, 0.05) is 17.7 Å². The molecule has 0 N–H and O–H groups in total. The molecule has 2 aromatic heterocycles. The Bertz CT molecular complexity index is 970. The summed E-state index contributed by atoms with van der Waals surface area (Å²) in [5.74, 6) is -1.31. The Hall–Kier alpha value is -2.29. The molecule has 0 radical (unpaired) electrons. The number of hydrogen-bond acceptors (Lipinski definition) is 5. The number of pyridine rings is 1. The Balaban J connectivity index is 1.43. The number of esters is 1. The molecule has 3 atom stereocenters. The molecular weight excluding hydrogens is 411 g/mol. The highest BCUT2D eigenvalue weighted by Gasteiger charge is 2.79. The Kier molecular flexibility index (Phi) is 4.38. The van der Waals surface area contributed by atoms with Gasteiger partial charge in [-0.3, -0.25) is 0 Å². The lowest BCUT2D eigenvalue weighted by atomic mass is 10.2. The molecule has 2 heterocycles. The average Bonchev–Trinajstić information content (AvgIpc) is 3.41. The summed E-state index contributed by atoms with van der Waals surface area (Å²) in [6.45, 7) is 5.23. The van der Waals surface area contributed by atoms with Gasteiger partial charge in [-0.05, 0) is 45.7 Å². The number of carbonyl (C=O) groups is 1. The largest absolute Gasteiger partial charge is 0.473 e. The maximum atomic E-state index is 12.8. The number of rotatable bonds is 4. The molecule has 4 rings (SSSR count). The third-order valence-electron chi connectivity index (χ3n) is 5.07. The molecule has 0 aliphatic heterocycles.